The van der Waals surface area contributed by atoms with Crippen LogP contribution in [-0.2, 0) is 15.6 Å². The highest BCUT2D eigenvalue weighted by Gasteiger charge is 2.12. The highest BCUT2D eigenvalue weighted by Crippen LogP contribution is 2.19. The van der Waals surface area contributed by atoms with E-state index in [0.29, 0.717) is 6.10 Å². The van der Waals surface area contributed by atoms with Crippen LogP contribution in [0.3, 0.4) is 0 Å². The molecular formula is C19H39OS+. The van der Waals surface area contributed by atoms with E-state index in [9.17, 15) is 0 Å². The van der Waals surface area contributed by atoms with Gasteiger partial charge in [0.2, 0.25) is 0 Å². The maximum Gasteiger partial charge on any atom is 0.108 e. The zero-order chi connectivity index (χ0) is 15.2. The summed E-state index contributed by atoms with van der Waals surface area (Å²) >= 11 is 0. The molecule has 1 aliphatic heterocycles. The van der Waals surface area contributed by atoms with Crippen molar-refractivity contribution in [1.82, 2.24) is 0 Å². The van der Waals surface area contributed by atoms with Crippen molar-refractivity contribution in [3.05, 3.63) is 0 Å². The van der Waals surface area contributed by atoms with Gasteiger partial charge in [-0.15, -0.1) is 0 Å². The molecule has 1 heterocycles. The lowest BCUT2D eigenvalue weighted by molar-refractivity contribution is 0.00977. The van der Waals surface area contributed by atoms with Gasteiger partial charge in [-0.1, -0.05) is 38.5 Å². The number of hydrogen-bond acceptors (Lipinski definition) is 1. The number of hydrogen-bond donors (Lipinski definition) is 0. The number of unbranched alkanes of at least 4 members (excludes halogenated alkanes) is 7. The molecule has 0 saturated carbocycles. The van der Waals surface area contributed by atoms with E-state index in [4.69, 9.17) is 4.74 Å². The van der Waals surface area contributed by atoms with E-state index < -0.39 is 0 Å². The molecular weight excluding hydrogens is 276 g/mol. The summed E-state index contributed by atoms with van der Waals surface area (Å²) in [5, 5.41) is 0. The van der Waals surface area contributed by atoms with Crippen molar-refractivity contribution >= 4 is 10.9 Å². The molecule has 0 aromatic heterocycles. The first kappa shape index (κ1) is 19.4. The molecule has 0 aromatic carbocycles. The molecule has 21 heavy (non-hydrogen) atoms. The normalized spacial score (nSPS) is 19.3. The molecule has 1 saturated heterocycles. The van der Waals surface area contributed by atoms with Crippen molar-refractivity contribution in [2.75, 3.05) is 23.9 Å². The largest absolute Gasteiger partial charge is 0.378 e. The van der Waals surface area contributed by atoms with Crippen LogP contribution >= 0.6 is 0 Å². The zero-order valence-corrected chi connectivity index (χ0v) is 15.5. The van der Waals surface area contributed by atoms with Crippen LogP contribution in [0.5, 0.6) is 0 Å². The summed E-state index contributed by atoms with van der Waals surface area (Å²) in [5.41, 5.74) is 0. The molecule has 2 heteroatoms. The fourth-order valence-corrected chi connectivity index (χ4v) is 4.86. The Morgan fingerprint density at radius 3 is 2.00 bits per heavy atom. The van der Waals surface area contributed by atoms with Crippen LogP contribution in [0.4, 0.5) is 0 Å². The van der Waals surface area contributed by atoms with Gasteiger partial charge in [0, 0.05) is 6.61 Å². The van der Waals surface area contributed by atoms with Crippen LogP contribution < -0.4 is 0 Å². The minimum absolute atomic E-state index is 0.602. The summed E-state index contributed by atoms with van der Waals surface area (Å²) < 4.78 is 5.79. The fourth-order valence-electron chi connectivity index (χ4n) is 3.27. The molecule has 1 unspecified atom stereocenters. The first-order valence-corrected chi connectivity index (χ1v) is 11.4. The Bertz CT molecular complexity index is 210. The van der Waals surface area contributed by atoms with E-state index in [-0.39, 0.29) is 0 Å². The molecule has 1 fully saturated rings. The predicted octanol–water partition coefficient (Wildman–Crippen LogP) is 5.72. The topological polar surface area (TPSA) is 9.23 Å². The Morgan fingerprint density at radius 1 is 0.810 bits per heavy atom. The van der Waals surface area contributed by atoms with Gasteiger partial charge in [-0.05, 0) is 63.3 Å². The van der Waals surface area contributed by atoms with Crippen LogP contribution in [0, 0.1) is 0 Å². The van der Waals surface area contributed by atoms with Crippen molar-refractivity contribution in [3.63, 3.8) is 0 Å². The van der Waals surface area contributed by atoms with E-state index in [2.05, 4.69) is 13.8 Å². The maximum absolute atomic E-state index is 5.79. The highest BCUT2D eigenvalue weighted by atomic mass is 32.2. The summed E-state index contributed by atoms with van der Waals surface area (Å²) in [5.74, 6) is 4.30. The van der Waals surface area contributed by atoms with E-state index in [1.807, 2.05) is 0 Å². The molecule has 0 bridgehead atoms. The van der Waals surface area contributed by atoms with Crippen molar-refractivity contribution in [1.29, 1.82) is 0 Å². The van der Waals surface area contributed by atoms with Crippen LogP contribution in [0.15, 0.2) is 0 Å². The second-order valence-electron chi connectivity index (χ2n) is 6.50. The van der Waals surface area contributed by atoms with Crippen LogP contribution in [0.25, 0.3) is 0 Å². The Kier molecular flexibility index (Phi) is 12.8. The zero-order valence-electron chi connectivity index (χ0n) is 14.7. The van der Waals surface area contributed by atoms with Gasteiger partial charge in [-0.2, -0.15) is 0 Å². The summed E-state index contributed by atoms with van der Waals surface area (Å²) in [7, 11) is 0.736. The molecule has 0 radical (unpaired) electrons. The number of ether oxygens (including phenoxy) is 1. The third-order valence-electron chi connectivity index (χ3n) is 4.80. The van der Waals surface area contributed by atoms with E-state index in [1.165, 1.54) is 94.3 Å². The predicted molar refractivity (Wildman–Crippen MR) is 98.5 cm³/mol. The van der Waals surface area contributed by atoms with Crippen LogP contribution in [0.2, 0.25) is 0 Å². The minimum Gasteiger partial charge on any atom is -0.378 e. The van der Waals surface area contributed by atoms with Crippen molar-refractivity contribution in [3.8, 4) is 0 Å². The summed E-state index contributed by atoms with van der Waals surface area (Å²) in [4.78, 5) is 0. The second kappa shape index (κ2) is 13.9. The number of rotatable bonds is 13. The Labute approximate surface area is 137 Å². The van der Waals surface area contributed by atoms with Crippen molar-refractivity contribution < 1.29 is 4.74 Å². The molecule has 126 valence electrons. The fraction of sp³-hybridized carbons (Fsp3) is 1.00. The van der Waals surface area contributed by atoms with Gasteiger partial charge < -0.3 is 4.74 Å². The lowest BCUT2D eigenvalue weighted by atomic mass is 10.0. The summed E-state index contributed by atoms with van der Waals surface area (Å²) in [6.45, 7) is 5.72. The second-order valence-corrected chi connectivity index (χ2v) is 9.29. The molecule has 1 aliphatic rings. The lowest BCUT2D eigenvalue weighted by Crippen LogP contribution is -2.18. The van der Waals surface area contributed by atoms with Crippen LogP contribution in [-0.4, -0.2) is 30.0 Å². The Hall–Kier alpha value is 0.310. The first-order chi connectivity index (χ1) is 10.4. The monoisotopic (exact) mass is 315 g/mol. The lowest BCUT2D eigenvalue weighted by Gasteiger charge is -2.22. The van der Waals surface area contributed by atoms with Gasteiger partial charge in [-0.25, -0.2) is 0 Å². The standard InChI is InChI=1S/C19H39OS/c1-3-21(4-2)18-14-10-8-6-5-7-9-11-15-19-16-12-13-17-20-19/h19H,3-18H2,1-2H3/q+1. The van der Waals surface area contributed by atoms with Gasteiger partial charge >= 0.3 is 0 Å². The first-order valence-electron chi connectivity index (χ1n) is 9.62. The molecule has 0 N–H and O–H groups in total. The van der Waals surface area contributed by atoms with Gasteiger partial charge in [0.05, 0.1) is 6.10 Å². The van der Waals surface area contributed by atoms with E-state index in [0.717, 1.165) is 17.5 Å². The smallest absolute Gasteiger partial charge is 0.108 e. The highest BCUT2D eigenvalue weighted by molar-refractivity contribution is 7.96. The van der Waals surface area contributed by atoms with Crippen molar-refractivity contribution in [2.45, 2.75) is 97.0 Å². The summed E-state index contributed by atoms with van der Waals surface area (Å²) in [6, 6.07) is 0. The Balaban J connectivity index is 1.76. The SMILES string of the molecule is CC[S+](CC)CCCCCCCCCCC1CCCCO1. The van der Waals surface area contributed by atoms with E-state index in [1.54, 1.807) is 0 Å². The quantitative estimate of drug-likeness (QED) is 0.312. The third-order valence-corrected chi connectivity index (χ3v) is 7.30. The molecule has 0 spiro atoms. The van der Waals surface area contributed by atoms with Crippen molar-refractivity contribution in [2.24, 2.45) is 0 Å². The average molecular weight is 316 g/mol. The molecule has 0 aromatic rings. The minimum atomic E-state index is 0.602. The van der Waals surface area contributed by atoms with Gasteiger partial charge in [0.1, 0.15) is 17.3 Å². The average Bonchev–Trinajstić information content (AvgIpc) is 2.54. The molecule has 1 atom stereocenters. The third kappa shape index (κ3) is 10.6. The van der Waals surface area contributed by atoms with E-state index >= 15 is 0 Å². The van der Waals surface area contributed by atoms with Crippen LogP contribution in [0.1, 0.15) is 90.9 Å². The van der Waals surface area contributed by atoms with Gasteiger partial charge in [-0.3, -0.25) is 0 Å². The molecule has 1 rings (SSSR count). The Morgan fingerprint density at radius 2 is 1.43 bits per heavy atom. The summed E-state index contributed by atoms with van der Waals surface area (Å²) in [6.07, 6.45) is 17.5. The maximum atomic E-state index is 5.79. The molecule has 1 nitrogen and oxygen atoms in total. The molecule has 0 amide bonds. The van der Waals surface area contributed by atoms with Gasteiger partial charge in [0.15, 0.2) is 0 Å². The molecule has 0 aliphatic carbocycles. The van der Waals surface area contributed by atoms with Gasteiger partial charge in [0.25, 0.3) is 0 Å².